The van der Waals surface area contributed by atoms with Crippen LogP contribution in [0.2, 0.25) is 0 Å². The third kappa shape index (κ3) is 2.41. The third-order valence-corrected chi connectivity index (χ3v) is 4.42. The zero-order valence-electron chi connectivity index (χ0n) is 10.6. The van der Waals surface area contributed by atoms with Crippen LogP contribution in [0.5, 0.6) is 0 Å². The number of piperidine rings is 1. The fraction of sp³-hybridized carbons (Fsp3) is 1.00. The van der Waals surface area contributed by atoms with E-state index in [1.165, 1.54) is 19.3 Å². The minimum atomic E-state index is 0.310. The van der Waals surface area contributed by atoms with Gasteiger partial charge in [0.15, 0.2) is 0 Å². The van der Waals surface area contributed by atoms with Crippen LogP contribution in [0, 0.1) is 5.41 Å². The Bertz CT molecular complexity index is 224. The lowest BCUT2D eigenvalue weighted by molar-refractivity contribution is -0.0617. The second-order valence-corrected chi connectivity index (χ2v) is 5.75. The molecule has 2 saturated heterocycles. The van der Waals surface area contributed by atoms with Crippen molar-refractivity contribution in [1.29, 1.82) is 0 Å². The van der Waals surface area contributed by atoms with Gasteiger partial charge in [-0.25, -0.2) is 0 Å². The van der Waals surface area contributed by atoms with E-state index >= 15 is 0 Å². The molecule has 1 unspecified atom stereocenters. The van der Waals surface area contributed by atoms with Gasteiger partial charge < -0.3 is 9.84 Å². The van der Waals surface area contributed by atoms with E-state index in [2.05, 4.69) is 18.7 Å². The predicted octanol–water partition coefficient (Wildman–Crippen LogP) is 1.65. The first-order valence-corrected chi connectivity index (χ1v) is 6.61. The molecule has 0 saturated carbocycles. The average molecular weight is 227 g/mol. The quantitative estimate of drug-likeness (QED) is 0.778. The van der Waals surface area contributed by atoms with E-state index in [4.69, 9.17) is 4.74 Å². The molecule has 0 amide bonds. The SMILES string of the molecule is CC(C)N1CC2(CCOCC2)CCC1CO. The van der Waals surface area contributed by atoms with Gasteiger partial charge in [0.1, 0.15) is 0 Å². The number of rotatable bonds is 2. The van der Waals surface area contributed by atoms with Crippen molar-refractivity contribution in [2.75, 3.05) is 26.4 Å². The Morgan fingerprint density at radius 3 is 2.56 bits per heavy atom. The van der Waals surface area contributed by atoms with Crippen molar-refractivity contribution >= 4 is 0 Å². The van der Waals surface area contributed by atoms with Crippen molar-refractivity contribution in [1.82, 2.24) is 4.90 Å². The zero-order valence-corrected chi connectivity index (χ0v) is 10.6. The van der Waals surface area contributed by atoms with Crippen LogP contribution in [0.25, 0.3) is 0 Å². The highest BCUT2D eigenvalue weighted by Gasteiger charge is 2.40. The molecular formula is C13H25NO2. The summed E-state index contributed by atoms with van der Waals surface area (Å²) in [5, 5.41) is 9.43. The number of likely N-dealkylation sites (tertiary alicyclic amines) is 1. The van der Waals surface area contributed by atoms with Crippen molar-refractivity contribution < 1.29 is 9.84 Å². The van der Waals surface area contributed by atoms with Gasteiger partial charge in [0.2, 0.25) is 0 Å². The Balaban J connectivity index is 2.04. The summed E-state index contributed by atoms with van der Waals surface area (Å²) in [4.78, 5) is 2.49. The van der Waals surface area contributed by atoms with Crippen molar-refractivity contribution in [2.45, 2.75) is 51.6 Å². The summed E-state index contributed by atoms with van der Waals surface area (Å²) in [6, 6.07) is 0.922. The van der Waals surface area contributed by atoms with Crippen LogP contribution in [0.1, 0.15) is 39.5 Å². The number of hydrogen-bond acceptors (Lipinski definition) is 3. The highest BCUT2D eigenvalue weighted by molar-refractivity contribution is 4.93. The van der Waals surface area contributed by atoms with E-state index in [9.17, 15) is 5.11 Å². The van der Waals surface area contributed by atoms with E-state index in [1.807, 2.05) is 0 Å². The highest BCUT2D eigenvalue weighted by atomic mass is 16.5. The van der Waals surface area contributed by atoms with Gasteiger partial charge in [0, 0.05) is 31.8 Å². The molecule has 2 fully saturated rings. The summed E-state index contributed by atoms with van der Waals surface area (Å²) in [5.41, 5.74) is 0.480. The Labute approximate surface area is 98.8 Å². The minimum absolute atomic E-state index is 0.310. The molecule has 3 heteroatoms. The molecular weight excluding hydrogens is 202 g/mol. The monoisotopic (exact) mass is 227 g/mol. The number of hydrogen-bond donors (Lipinski definition) is 1. The van der Waals surface area contributed by atoms with Crippen LogP contribution in [0.15, 0.2) is 0 Å². The molecule has 0 bridgehead atoms. The fourth-order valence-electron chi connectivity index (χ4n) is 3.25. The summed E-state index contributed by atoms with van der Waals surface area (Å²) in [6.45, 7) is 7.79. The predicted molar refractivity (Wildman–Crippen MR) is 64.4 cm³/mol. The molecule has 2 aliphatic rings. The number of ether oxygens (including phenoxy) is 1. The van der Waals surface area contributed by atoms with Crippen LogP contribution in [-0.2, 0) is 4.74 Å². The molecule has 1 N–H and O–H groups in total. The van der Waals surface area contributed by atoms with E-state index in [0.29, 0.717) is 24.1 Å². The maximum absolute atomic E-state index is 9.43. The van der Waals surface area contributed by atoms with Gasteiger partial charge >= 0.3 is 0 Å². The number of aliphatic hydroxyl groups excluding tert-OH is 1. The van der Waals surface area contributed by atoms with Crippen LogP contribution < -0.4 is 0 Å². The lowest BCUT2D eigenvalue weighted by Gasteiger charge is -2.50. The molecule has 0 radical (unpaired) electrons. The van der Waals surface area contributed by atoms with Gasteiger partial charge in [-0.1, -0.05) is 0 Å². The molecule has 2 heterocycles. The van der Waals surface area contributed by atoms with Crippen molar-refractivity contribution in [3.63, 3.8) is 0 Å². The summed E-state index contributed by atoms with van der Waals surface area (Å²) in [7, 11) is 0. The Morgan fingerprint density at radius 2 is 2.00 bits per heavy atom. The molecule has 1 atom stereocenters. The summed E-state index contributed by atoms with van der Waals surface area (Å²) < 4.78 is 5.48. The fourth-order valence-corrected chi connectivity index (χ4v) is 3.25. The number of aliphatic hydroxyl groups is 1. The van der Waals surface area contributed by atoms with Gasteiger partial charge in [-0.2, -0.15) is 0 Å². The Kier molecular flexibility index (Phi) is 3.88. The third-order valence-electron chi connectivity index (χ3n) is 4.42. The van der Waals surface area contributed by atoms with E-state index in [0.717, 1.165) is 26.2 Å². The second kappa shape index (κ2) is 5.03. The van der Waals surface area contributed by atoms with Gasteiger partial charge in [0.25, 0.3) is 0 Å². The molecule has 94 valence electrons. The smallest absolute Gasteiger partial charge is 0.0586 e. The first-order chi connectivity index (χ1) is 7.67. The molecule has 2 rings (SSSR count). The summed E-state index contributed by atoms with van der Waals surface area (Å²) >= 11 is 0. The van der Waals surface area contributed by atoms with Crippen molar-refractivity contribution in [3.05, 3.63) is 0 Å². The normalized spacial score (nSPS) is 31.1. The van der Waals surface area contributed by atoms with E-state index in [-0.39, 0.29) is 0 Å². The second-order valence-electron chi connectivity index (χ2n) is 5.75. The molecule has 3 nitrogen and oxygen atoms in total. The lowest BCUT2D eigenvalue weighted by Crippen LogP contribution is -2.54. The number of nitrogens with zero attached hydrogens (tertiary/aromatic N) is 1. The van der Waals surface area contributed by atoms with Crippen molar-refractivity contribution in [3.8, 4) is 0 Å². The molecule has 0 aliphatic carbocycles. The molecule has 16 heavy (non-hydrogen) atoms. The van der Waals surface area contributed by atoms with Crippen LogP contribution >= 0.6 is 0 Å². The molecule has 0 aromatic carbocycles. The molecule has 0 aromatic heterocycles. The van der Waals surface area contributed by atoms with Crippen molar-refractivity contribution in [2.24, 2.45) is 5.41 Å². The van der Waals surface area contributed by atoms with Crippen LogP contribution in [0.4, 0.5) is 0 Å². The first-order valence-electron chi connectivity index (χ1n) is 6.61. The first kappa shape index (κ1) is 12.3. The largest absolute Gasteiger partial charge is 0.395 e. The highest BCUT2D eigenvalue weighted by Crippen LogP contribution is 2.41. The van der Waals surface area contributed by atoms with Crippen LogP contribution in [0.3, 0.4) is 0 Å². The Hall–Kier alpha value is -0.120. The lowest BCUT2D eigenvalue weighted by atomic mass is 9.72. The topological polar surface area (TPSA) is 32.7 Å². The molecule has 1 spiro atoms. The standard InChI is InChI=1S/C13H25NO2/c1-11(2)14-10-13(4-3-12(14)9-15)5-7-16-8-6-13/h11-12,15H,3-10H2,1-2H3. The maximum atomic E-state index is 9.43. The zero-order chi connectivity index (χ0) is 11.6. The van der Waals surface area contributed by atoms with Gasteiger partial charge in [-0.05, 0) is 44.9 Å². The minimum Gasteiger partial charge on any atom is -0.395 e. The van der Waals surface area contributed by atoms with E-state index in [1.54, 1.807) is 0 Å². The summed E-state index contributed by atoms with van der Waals surface area (Å²) in [5.74, 6) is 0. The average Bonchev–Trinajstić information content (AvgIpc) is 2.30. The Morgan fingerprint density at radius 1 is 1.31 bits per heavy atom. The molecule has 2 aliphatic heterocycles. The van der Waals surface area contributed by atoms with Crippen LogP contribution in [-0.4, -0.2) is 48.5 Å². The van der Waals surface area contributed by atoms with Gasteiger partial charge in [-0.15, -0.1) is 0 Å². The summed E-state index contributed by atoms with van der Waals surface area (Å²) in [6.07, 6.45) is 4.82. The maximum Gasteiger partial charge on any atom is 0.0586 e. The van der Waals surface area contributed by atoms with Gasteiger partial charge in [-0.3, -0.25) is 4.90 Å². The molecule has 0 aromatic rings. The van der Waals surface area contributed by atoms with Gasteiger partial charge in [0.05, 0.1) is 6.61 Å². The van der Waals surface area contributed by atoms with E-state index < -0.39 is 0 Å².